The van der Waals surface area contributed by atoms with Crippen molar-refractivity contribution < 1.29 is 4.79 Å². The van der Waals surface area contributed by atoms with Crippen LogP contribution in [0.3, 0.4) is 0 Å². The number of nitrogens with one attached hydrogen (secondary N) is 1. The van der Waals surface area contributed by atoms with Crippen LogP contribution in [0.4, 0.5) is 0 Å². The molecule has 3 nitrogen and oxygen atoms in total. The average Bonchev–Trinajstić information content (AvgIpc) is 2.94. The second-order valence-corrected chi connectivity index (χ2v) is 7.62. The van der Waals surface area contributed by atoms with Crippen LogP contribution < -0.4 is 0 Å². The van der Waals surface area contributed by atoms with Gasteiger partial charge < -0.3 is 9.88 Å². The average molecular weight is 324 g/mol. The van der Waals surface area contributed by atoms with Gasteiger partial charge in [0.2, 0.25) is 5.91 Å². The summed E-state index contributed by atoms with van der Waals surface area (Å²) in [7, 11) is 0. The lowest BCUT2D eigenvalue weighted by Crippen LogP contribution is -2.49. The lowest BCUT2D eigenvalue weighted by Gasteiger charge is -2.44. The van der Waals surface area contributed by atoms with Gasteiger partial charge in [0.15, 0.2) is 0 Å². The van der Waals surface area contributed by atoms with E-state index in [0.29, 0.717) is 18.4 Å². The van der Waals surface area contributed by atoms with E-state index in [-0.39, 0.29) is 0 Å². The third-order valence-corrected chi connectivity index (χ3v) is 6.18. The highest BCUT2D eigenvalue weighted by atomic mass is 16.2. The third kappa shape index (κ3) is 2.85. The van der Waals surface area contributed by atoms with Gasteiger partial charge in [-0.2, -0.15) is 0 Å². The van der Waals surface area contributed by atoms with Crippen molar-refractivity contribution in [3.05, 3.63) is 35.5 Å². The molecule has 2 aliphatic rings. The van der Waals surface area contributed by atoms with Crippen molar-refractivity contribution in [2.24, 2.45) is 5.92 Å². The minimum absolute atomic E-state index is 0.372. The Bertz CT molecular complexity index is 731. The number of H-pyrrole nitrogens is 1. The number of aromatic amines is 1. The zero-order chi connectivity index (χ0) is 16.5. The zero-order valence-corrected chi connectivity index (χ0v) is 14.7. The normalized spacial score (nSPS) is 24.1. The molecule has 2 aromatic rings. The molecule has 0 bridgehead atoms. The van der Waals surface area contributed by atoms with Gasteiger partial charge in [-0.25, -0.2) is 0 Å². The molecule has 1 aliphatic carbocycles. The summed E-state index contributed by atoms with van der Waals surface area (Å²) in [4.78, 5) is 18.6. The number of carbonyl (C=O) groups is 1. The van der Waals surface area contributed by atoms with Crippen LogP contribution in [0.15, 0.2) is 24.3 Å². The number of hydrogen-bond acceptors (Lipinski definition) is 1. The predicted octanol–water partition coefficient (Wildman–Crippen LogP) is 4.59. The Balaban J connectivity index is 1.46. The molecule has 0 radical (unpaired) electrons. The van der Waals surface area contributed by atoms with Crippen LogP contribution in [0.2, 0.25) is 0 Å². The molecule has 2 unspecified atom stereocenters. The van der Waals surface area contributed by atoms with Gasteiger partial charge in [0.1, 0.15) is 0 Å². The van der Waals surface area contributed by atoms with Crippen molar-refractivity contribution in [1.29, 1.82) is 0 Å². The largest absolute Gasteiger partial charge is 0.358 e. The van der Waals surface area contributed by atoms with Crippen LogP contribution in [-0.4, -0.2) is 28.4 Å². The first kappa shape index (κ1) is 15.7. The number of aromatic nitrogens is 1. The highest BCUT2D eigenvalue weighted by molar-refractivity contribution is 5.85. The first-order valence-corrected chi connectivity index (χ1v) is 9.59. The highest BCUT2D eigenvalue weighted by Crippen LogP contribution is 2.35. The monoisotopic (exact) mass is 324 g/mol. The molecule has 4 rings (SSSR count). The highest BCUT2D eigenvalue weighted by Gasteiger charge is 2.35. The molecule has 2 heterocycles. The van der Waals surface area contributed by atoms with E-state index >= 15 is 0 Å². The van der Waals surface area contributed by atoms with E-state index in [1.54, 1.807) is 0 Å². The lowest BCUT2D eigenvalue weighted by molar-refractivity contribution is -0.137. The molecule has 0 spiro atoms. The first-order chi connectivity index (χ1) is 11.7. The van der Waals surface area contributed by atoms with Crippen LogP contribution in [0.5, 0.6) is 0 Å². The number of aryl methyl sites for hydroxylation is 2. The van der Waals surface area contributed by atoms with Gasteiger partial charge in [0, 0.05) is 35.6 Å². The van der Waals surface area contributed by atoms with Crippen molar-refractivity contribution in [3.63, 3.8) is 0 Å². The number of para-hydroxylation sites is 1. The van der Waals surface area contributed by atoms with Gasteiger partial charge >= 0.3 is 0 Å². The van der Waals surface area contributed by atoms with Crippen molar-refractivity contribution >= 4 is 16.8 Å². The lowest BCUT2D eigenvalue weighted by atomic mass is 9.78. The number of fused-ring (bicyclic) bond motifs is 2. The van der Waals surface area contributed by atoms with Crippen LogP contribution in [0.25, 0.3) is 10.9 Å². The first-order valence-electron chi connectivity index (χ1n) is 9.59. The molecule has 2 atom stereocenters. The summed E-state index contributed by atoms with van der Waals surface area (Å²) in [5, 5.41) is 1.27. The van der Waals surface area contributed by atoms with Gasteiger partial charge in [-0.1, -0.05) is 31.0 Å². The Morgan fingerprint density at radius 2 is 1.96 bits per heavy atom. The van der Waals surface area contributed by atoms with Gasteiger partial charge in [-0.3, -0.25) is 4.79 Å². The van der Waals surface area contributed by atoms with Crippen LogP contribution >= 0.6 is 0 Å². The number of hydrogen-bond donors (Lipinski definition) is 1. The van der Waals surface area contributed by atoms with Gasteiger partial charge in [0.25, 0.3) is 0 Å². The molecule has 1 aliphatic heterocycles. The van der Waals surface area contributed by atoms with Gasteiger partial charge in [0.05, 0.1) is 0 Å². The number of carbonyl (C=O) groups excluding carboxylic acids is 1. The van der Waals surface area contributed by atoms with E-state index in [9.17, 15) is 4.79 Å². The molecule has 1 N–H and O–H groups in total. The molecular formula is C21H28N2O. The summed E-state index contributed by atoms with van der Waals surface area (Å²) < 4.78 is 0. The number of amides is 1. The zero-order valence-electron chi connectivity index (χ0n) is 14.7. The summed E-state index contributed by atoms with van der Waals surface area (Å²) in [6.45, 7) is 3.10. The Labute approximate surface area is 144 Å². The molecule has 1 aromatic heterocycles. The van der Waals surface area contributed by atoms with E-state index in [1.807, 2.05) is 0 Å². The van der Waals surface area contributed by atoms with Crippen LogP contribution in [0.1, 0.15) is 56.2 Å². The Kier molecular flexibility index (Phi) is 4.34. The quantitative estimate of drug-likeness (QED) is 0.880. The van der Waals surface area contributed by atoms with E-state index < -0.39 is 0 Å². The molecular weight excluding hydrogens is 296 g/mol. The maximum Gasteiger partial charge on any atom is 0.223 e. The topological polar surface area (TPSA) is 36.1 Å². The summed E-state index contributed by atoms with van der Waals surface area (Å²) in [5.74, 6) is 1.14. The molecule has 24 heavy (non-hydrogen) atoms. The van der Waals surface area contributed by atoms with Crippen molar-refractivity contribution in [2.45, 2.75) is 64.3 Å². The van der Waals surface area contributed by atoms with E-state index in [2.05, 4.69) is 41.1 Å². The van der Waals surface area contributed by atoms with Gasteiger partial charge in [-0.05, 0) is 56.6 Å². The summed E-state index contributed by atoms with van der Waals surface area (Å²) in [6, 6.07) is 8.95. The van der Waals surface area contributed by atoms with Crippen molar-refractivity contribution in [1.82, 2.24) is 9.88 Å². The standard InChI is InChI=1S/C21H28N2O/c1-15-17(18-9-3-4-10-19(18)22-15)12-13-21(24)23-14-6-8-16-7-2-5-11-20(16)23/h3-4,9-10,16,20,22H,2,5-8,11-14H2,1H3. The Morgan fingerprint density at radius 3 is 2.88 bits per heavy atom. The maximum atomic E-state index is 12.9. The fourth-order valence-electron chi connectivity index (χ4n) is 4.97. The predicted molar refractivity (Wildman–Crippen MR) is 98.0 cm³/mol. The van der Waals surface area contributed by atoms with Gasteiger partial charge in [-0.15, -0.1) is 0 Å². The number of piperidine rings is 1. The second kappa shape index (κ2) is 6.62. The van der Waals surface area contributed by atoms with Crippen LogP contribution in [0, 0.1) is 12.8 Å². The number of rotatable bonds is 3. The molecule has 1 saturated heterocycles. The fourth-order valence-corrected chi connectivity index (χ4v) is 4.97. The SMILES string of the molecule is Cc1[nH]c2ccccc2c1CCC(=O)N1CCCC2CCCCC21. The van der Waals surface area contributed by atoms with E-state index in [1.165, 1.54) is 60.7 Å². The summed E-state index contributed by atoms with van der Waals surface area (Å²) in [5.41, 5.74) is 3.71. The van der Waals surface area contributed by atoms with E-state index in [0.717, 1.165) is 18.9 Å². The number of benzene rings is 1. The third-order valence-electron chi connectivity index (χ3n) is 6.18. The molecule has 2 fully saturated rings. The molecule has 3 heteroatoms. The van der Waals surface area contributed by atoms with Crippen LogP contribution in [-0.2, 0) is 11.2 Å². The number of nitrogens with zero attached hydrogens (tertiary/aromatic N) is 1. The maximum absolute atomic E-state index is 12.9. The second-order valence-electron chi connectivity index (χ2n) is 7.62. The summed E-state index contributed by atoms with van der Waals surface area (Å²) >= 11 is 0. The molecule has 1 amide bonds. The Hall–Kier alpha value is -1.77. The fraction of sp³-hybridized carbons (Fsp3) is 0.571. The Morgan fingerprint density at radius 1 is 1.17 bits per heavy atom. The molecule has 1 aromatic carbocycles. The van der Waals surface area contributed by atoms with E-state index in [4.69, 9.17) is 0 Å². The van der Waals surface area contributed by atoms with Crippen molar-refractivity contribution in [3.8, 4) is 0 Å². The van der Waals surface area contributed by atoms with Crippen molar-refractivity contribution in [2.75, 3.05) is 6.54 Å². The smallest absolute Gasteiger partial charge is 0.223 e. The summed E-state index contributed by atoms with van der Waals surface area (Å²) in [6.07, 6.45) is 9.23. The molecule has 1 saturated carbocycles. The molecule has 128 valence electrons. The number of likely N-dealkylation sites (tertiary alicyclic amines) is 1. The minimum Gasteiger partial charge on any atom is -0.358 e. The minimum atomic E-state index is 0.372.